The van der Waals surface area contributed by atoms with Gasteiger partial charge in [0, 0.05) is 51.2 Å². The maximum Gasteiger partial charge on any atom is 0.317 e. The molecule has 4 aliphatic rings. The fourth-order valence-corrected chi connectivity index (χ4v) is 5.61. The summed E-state index contributed by atoms with van der Waals surface area (Å²) >= 11 is 0. The Kier molecular flexibility index (Phi) is 6.21. The molecule has 0 radical (unpaired) electrons. The van der Waals surface area contributed by atoms with E-state index in [-0.39, 0.29) is 11.9 Å². The highest BCUT2D eigenvalue weighted by Gasteiger charge is 2.37. The van der Waals surface area contributed by atoms with E-state index in [1.165, 1.54) is 51.5 Å². The standard InChI is InChI=1S/C21H36N4O2/c26-20(9-8-17-5-1-2-6-17)24-13-15-25(16-14-24)21(27)22-18-10-12-23-11-4-3-7-19(18)23/h17-19H,1-16H2,(H,22,27). The Morgan fingerprint density at radius 2 is 1.48 bits per heavy atom. The first-order valence-corrected chi connectivity index (χ1v) is 11.3. The Labute approximate surface area is 163 Å². The lowest BCUT2D eigenvalue weighted by Crippen LogP contribution is -2.56. The molecule has 3 aliphatic heterocycles. The Bertz CT molecular complexity index is 526. The molecule has 4 fully saturated rings. The number of piperidine rings is 1. The van der Waals surface area contributed by atoms with E-state index in [0.717, 1.165) is 25.3 Å². The number of rotatable bonds is 4. The summed E-state index contributed by atoms with van der Waals surface area (Å²) in [6, 6.07) is 0.926. The molecule has 4 rings (SSSR count). The molecule has 27 heavy (non-hydrogen) atoms. The number of hydrogen-bond donors (Lipinski definition) is 1. The second-order valence-electron chi connectivity index (χ2n) is 9.00. The SMILES string of the molecule is O=C(CCC1CCCC1)N1CCN(C(=O)NC2CCN3CCCCC23)CC1. The van der Waals surface area contributed by atoms with E-state index in [0.29, 0.717) is 44.7 Å². The van der Waals surface area contributed by atoms with Crippen LogP contribution in [0.25, 0.3) is 0 Å². The molecule has 0 spiro atoms. The van der Waals surface area contributed by atoms with Crippen molar-refractivity contribution in [2.45, 2.75) is 76.3 Å². The van der Waals surface area contributed by atoms with E-state index >= 15 is 0 Å². The van der Waals surface area contributed by atoms with Gasteiger partial charge in [-0.05, 0) is 38.1 Å². The quantitative estimate of drug-likeness (QED) is 0.820. The topological polar surface area (TPSA) is 55.9 Å². The van der Waals surface area contributed by atoms with E-state index in [1.54, 1.807) is 0 Å². The van der Waals surface area contributed by atoms with Gasteiger partial charge in [0.1, 0.15) is 0 Å². The van der Waals surface area contributed by atoms with Crippen molar-refractivity contribution in [1.29, 1.82) is 0 Å². The van der Waals surface area contributed by atoms with Crippen molar-refractivity contribution in [2.75, 3.05) is 39.3 Å². The van der Waals surface area contributed by atoms with Crippen molar-refractivity contribution < 1.29 is 9.59 Å². The summed E-state index contributed by atoms with van der Waals surface area (Å²) in [6.07, 6.45) is 11.9. The summed E-state index contributed by atoms with van der Waals surface area (Å²) in [4.78, 5) is 31.6. The molecule has 2 atom stereocenters. The first kappa shape index (κ1) is 19.0. The largest absolute Gasteiger partial charge is 0.339 e. The molecule has 0 bridgehead atoms. The number of urea groups is 1. The molecule has 2 unspecified atom stereocenters. The van der Waals surface area contributed by atoms with Crippen LogP contribution in [0.5, 0.6) is 0 Å². The van der Waals surface area contributed by atoms with Crippen LogP contribution in [0.3, 0.4) is 0 Å². The van der Waals surface area contributed by atoms with Crippen molar-refractivity contribution in [1.82, 2.24) is 20.0 Å². The highest BCUT2D eigenvalue weighted by Crippen LogP contribution is 2.29. The maximum absolute atomic E-state index is 12.7. The zero-order valence-corrected chi connectivity index (χ0v) is 16.7. The van der Waals surface area contributed by atoms with Gasteiger partial charge in [0.2, 0.25) is 5.91 Å². The molecule has 1 aliphatic carbocycles. The third-order valence-electron chi connectivity index (χ3n) is 7.33. The fraction of sp³-hybridized carbons (Fsp3) is 0.905. The Balaban J connectivity index is 1.18. The summed E-state index contributed by atoms with van der Waals surface area (Å²) < 4.78 is 0. The van der Waals surface area contributed by atoms with Crippen LogP contribution in [-0.4, -0.2) is 78.0 Å². The predicted molar refractivity (Wildman–Crippen MR) is 105 cm³/mol. The van der Waals surface area contributed by atoms with Gasteiger partial charge < -0.3 is 15.1 Å². The van der Waals surface area contributed by atoms with Gasteiger partial charge in [-0.3, -0.25) is 9.69 Å². The summed E-state index contributed by atoms with van der Waals surface area (Å²) in [6.45, 7) is 5.04. The fourth-order valence-electron chi connectivity index (χ4n) is 5.61. The van der Waals surface area contributed by atoms with Gasteiger partial charge in [-0.25, -0.2) is 4.79 Å². The van der Waals surface area contributed by atoms with E-state index in [4.69, 9.17) is 0 Å². The lowest BCUT2D eigenvalue weighted by Gasteiger charge is -2.37. The number of carbonyl (C=O) groups excluding carboxylic acids is 2. The molecule has 1 saturated carbocycles. The van der Waals surface area contributed by atoms with Gasteiger partial charge in [0.25, 0.3) is 0 Å². The molecular weight excluding hydrogens is 340 g/mol. The van der Waals surface area contributed by atoms with Gasteiger partial charge in [0.05, 0.1) is 0 Å². The average Bonchev–Trinajstić information content (AvgIpc) is 3.36. The van der Waals surface area contributed by atoms with Gasteiger partial charge in [-0.15, -0.1) is 0 Å². The Morgan fingerprint density at radius 1 is 0.778 bits per heavy atom. The lowest BCUT2D eigenvalue weighted by atomic mass is 9.99. The van der Waals surface area contributed by atoms with Crippen LogP contribution in [-0.2, 0) is 4.79 Å². The average molecular weight is 377 g/mol. The maximum atomic E-state index is 12.7. The van der Waals surface area contributed by atoms with Crippen LogP contribution in [0.15, 0.2) is 0 Å². The van der Waals surface area contributed by atoms with Crippen molar-refractivity contribution in [3.8, 4) is 0 Å². The predicted octanol–water partition coefficient (Wildman–Crippen LogP) is 2.44. The van der Waals surface area contributed by atoms with Crippen LogP contribution < -0.4 is 5.32 Å². The van der Waals surface area contributed by atoms with E-state index in [9.17, 15) is 9.59 Å². The summed E-state index contributed by atoms with van der Waals surface area (Å²) in [5, 5.41) is 3.30. The minimum absolute atomic E-state index is 0.0745. The first-order valence-electron chi connectivity index (χ1n) is 11.3. The molecule has 3 amide bonds. The molecular formula is C21H36N4O2. The third kappa shape index (κ3) is 4.58. The normalized spacial score (nSPS) is 29.8. The smallest absolute Gasteiger partial charge is 0.317 e. The Hall–Kier alpha value is -1.30. The number of amides is 3. The van der Waals surface area contributed by atoms with Crippen LogP contribution in [0, 0.1) is 5.92 Å². The monoisotopic (exact) mass is 376 g/mol. The zero-order valence-electron chi connectivity index (χ0n) is 16.7. The van der Waals surface area contributed by atoms with E-state index in [2.05, 4.69) is 10.2 Å². The van der Waals surface area contributed by atoms with Gasteiger partial charge in [-0.2, -0.15) is 0 Å². The number of nitrogens with zero attached hydrogens (tertiary/aromatic N) is 3. The molecule has 152 valence electrons. The van der Waals surface area contributed by atoms with Gasteiger partial charge in [0.15, 0.2) is 0 Å². The second kappa shape index (κ2) is 8.80. The number of fused-ring (bicyclic) bond motifs is 1. The molecule has 3 saturated heterocycles. The number of nitrogens with one attached hydrogen (secondary N) is 1. The van der Waals surface area contributed by atoms with E-state index < -0.39 is 0 Å². The third-order valence-corrected chi connectivity index (χ3v) is 7.33. The minimum atomic E-state index is 0.0745. The lowest BCUT2D eigenvalue weighted by molar-refractivity contribution is -0.132. The molecule has 3 heterocycles. The zero-order chi connectivity index (χ0) is 18.6. The highest BCUT2D eigenvalue weighted by atomic mass is 16.2. The van der Waals surface area contributed by atoms with Crippen molar-refractivity contribution in [3.05, 3.63) is 0 Å². The Morgan fingerprint density at radius 3 is 2.26 bits per heavy atom. The summed E-state index contributed by atoms with van der Waals surface area (Å²) in [5.74, 6) is 1.06. The summed E-state index contributed by atoms with van der Waals surface area (Å²) in [7, 11) is 0. The highest BCUT2D eigenvalue weighted by molar-refractivity contribution is 5.78. The first-order chi connectivity index (χ1) is 13.2. The molecule has 1 N–H and O–H groups in total. The molecule has 6 nitrogen and oxygen atoms in total. The van der Waals surface area contributed by atoms with Gasteiger partial charge >= 0.3 is 6.03 Å². The van der Waals surface area contributed by atoms with Crippen molar-refractivity contribution in [2.24, 2.45) is 5.92 Å². The van der Waals surface area contributed by atoms with Gasteiger partial charge in [-0.1, -0.05) is 32.1 Å². The molecule has 0 aromatic rings. The van der Waals surface area contributed by atoms with Crippen molar-refractivity contribution in [3.63, 3.8) is 0 Å². The molecule has 6 heteroatoms. The van der Waals surface area contributed by atoms with Crippen molar-refractivity contribution >= 4 is 11.9 Å². The number of hydrogen-bond acceptors (Lipinski definition) is 3. The molecule has 0 aromatic heterocycles. The van der Waals surface area contributed by atoms with E-state index in [1.807, 2.05) is 9.80 Å². The second-order valence-corrected chi connectivity index (χ2v) is 9.00. The number of piperazine rings is 1. The van der Waals surface area contributed by atoms with Crippen LogP contribution >= 0.6 is 0 Å². The minimum Gasteiger partial charge on any atom is -0.339 e. The number of carbonyl (C=O) groups is 2. The summed E-state index contributed by atoms with van der Waals surface area (Å²) in [5.41, 5.74) is 0. The van der Waals surface area contributed by atoms with Crippen LogP contribution in [0.4, 0.5) is 4.79 Å². The van der Waals surface area contributed by atoms with Crippen LogP contribution in [0.1, 0.15) is 64.2 Å². The van der Waals surface area contributed by atoms with Crippen LogP contribution in [0.2, 0.25) is 0 Å². The molecule has 0 aromatic carbocycles.